The fourth-order valence-corrected chi connectivity index (χ4v) is 3.44. The fraction of sp³-hybridized carbons (Fsp3) is 0.300. The van der Waals surface area contributed by atoms with Crippen molar-refractivity contribution < 1.29 is 19.8 Å². The van der Waals surface area contributed by atoms with Gasteiger partial charge in [0.2, 0.25) is 0 Å². The molecule has 2 aromatic rings. The lowest BCUT2D eigenvalue weighted by Crippen LogP contribution is -2.11. The Morgan fingerprint density at radius 1 is 0.875 bits per heavy atom. The zero-order chi connectivity index (χ0) is 17.1. The summed E-state index contributed by atoms with van der Waals surface area (Å²) in [6.07, 6.45) is 5.77. The van der Waals surface area contributed by atoms with E-state index in [0.29, 0.717) is 5.92 Å². The van der Waals surface area contributed by atoms with Crippen LogP contribution in [0.3, 0.4) is 0 Å². The smallest absolute Gasteiger partial charge is 0.336 e. The van der Waals surface area contributed by atoms with Crippen LogP contribution in [0.15, 0.2) is 42.5 Å². The first-order valence-electron chi connectivity index (χ1n) is 8.28. The van der Waals surface area contributed by atoms with Crippen molar-refractivity contribution in [3.63, 3.8) is 0 Å². The van der Waals surface area contributed by atoms with E-state index >= 15 is 0 Å². The van der Waals surface area contributed by atoms with Gasteiger partial charge in [-0.15, -0.1) is 0 Å². The molecule has 0 amide bonds. The van der Waals surface area contributed by atoms with Gasteiger partial charge in [0.25, 0.3) is 0 Å². The van der Waals surface area contributed by atoms with Crippen LogP contribution in [0.25, 0.3) is 0 Å². The summed E-state index contributed by atoms with van der Waals surface area (Å²) in [5, 5.41) is 19.4. The van der Waals surface area contributed by atoms with Gasteiger partial charge < -0.3 is 10.2 Å². The number of carboxylic acids is 1. The number of benzene rings is 2. The summed E-state index contributed by atoms with van der Waals surface area (Å²) in [5.41, 5.74) is 1.27. The van der Waals surface area contributed by atoms with Crippen molar-refractivity contribution in [1.82, 2.24) is 0 Å². The Bertz CT molecular complexity index is 773. The summed E-state index contributed by atoms with van der Waals surface area (Å²) in [5.74, 6) is -1.31. The maximum atomic E-state index is 12.8. The number of hydrogen-bond acceptors (Lipinski definition) is 3. The minimum Gasteiger partial charge on any atom is -0.507 e. The Kier molecular flexibility index (Phi) is 4.65. The summed E-state index contributed by atoms with van der Waals surface area (Å²) in [6, 6.07) is 11.2. The van der Waals surface area contributed by atoms with Crippen LogP contribution in [-0.4, -0.2) is 22.0 Å². The number of phenols is 1. The number of aromatic carboxylic acids is 1. The molecule has 0 atom stereocenters. The molecule has 0 unspecified atom stereocenters. The lowest BCUT2D eigenvalue weighted by Gasteiger charge is -2.22. The van der Waals surface area contributed by atoms with E-state index in [1.165, 1.54) is 31.4 Å². The second-order valence-corrected chi connectivity index (χ2v) is 6.29. The molecule has 0 aromatic heterocycles. The van der Waals surface area contributed by atoms with Crippen molar-refractivity contribution in [1.29, 1.82) is 0 Å². The molecule has 24 heavy (non-hydrogen) atoms. The third-order valence-electron chi connectivity index (χ3n) is 4.74. The summed E-state index contributed by atoms with van der Waals surface area (Å²) in [4.78, 5) is 24.1. The molecule has 2 aromatic carbocycles. The van der Waals surface area contributed by atoms with Crippen molar-refractivity contribution >= 4 is 11.8 Å². The molecule has 0 aliphatic heterocycles. The number of ketones is 1. The standard InChI is InChI=1S/C20H20O4/c21-18-11-10-14(13-6-2-1-3-7-13)12-17(18)19(22)15-8-4-5-9-16(15)20(23)24/h4-5,8-13,21H,1-3,6-7H2,(H,23,24). The van der Waals surface area contributed by atoms with Gasteiger partial charge in [0.1, 0.15) is 5.75 Å². The quantitative estimate of drug-likeness (QED) is 0.819. The predicted molar refractivity (Wildman–Crippen MR) is 90.8 cm³/mol. The van der Waals surface area contributed by atoms with E-state index in [4.69, 9.17) is 0 Å². The molecule has 0 spiro atoms. The number of aromatic hydroxyl groups is 1. The van der Waals surface area contributed by atoms with Crippen LogP contribution < -0.4 is 0 Å². The molecule has 1 aliphatic carbocycles. The molecule has 4 heteroatoms. The molecule has 0 bridgehead atoms. The topological polar surface area (TPSA) is 74.6 Å². The zero-order valence-corrected chi connectivity index (χ0v) is 13.4. The van der Waals surface area contributed by atoms with Crippen LogP contribution in [0.5, 0.6) is 5.75 Å². The van der Waals surface area contributed by atoms with Crippen molar-refractivity contribution in [2.24, 2.45) is 0 Å². The number of carboxylic acid groups (broad SMARTS) is 1. The average molecular weight is 324 g/mol. The molecule has 1 saturated carbocycles. The molecule has 1 fully saturated rings. The molecular formula is C20H20O4. The van der Waals surface area contributed by atoms with Gasteiger partial charge in [-0.05, 0) is 42.5 Å². The van der Waals surface area contributed by atoms with Crippen molar-refractivity contribution in [3.8, 4) is 5.75 Å². The van der Waals surface area contributed by atoms with E-state index < -0.39 is 11.8 Å². The Labute approximate surface area is 140 Å². The molecule has 4 nitrogen and oxygen atoms in total. The number of hydrogen-bond donors (Lipinski definition) is 2. The third-order valence-corrected chi connectivity index (χ3v) is 4.74. The Balaban J connectivity index is 1.99. The molecule has 0 heterocycles. The maximum Gasteiger partial charge on any atom is 0.336 e. The molecular weight excluding hydrogens is 304 g/mol. The predicted octanol–water partition coefficient (Wildman–Crippen LogP) is 4.37. The van der Waals surface area contributed by atoms with Crippen LogP contribution in [0.2, 0.25) is 0 Å². The molecule has 0 saturated heterocycles. The zero-order valence-electron chi connectivity index (χ0n) is 13.4. The normalized spacial score (nSPS) is 15.2. The highest BCUT2D eigenvalue weighted by atomic mass is 16.4. The molecule has 2 N–H and O–H groups in total. The minimum atomic E-state index is -1.15. The van der Waals surface area contributed by atoms with E-state index in [2.05, 4.69) is 0 Å². The van der Waals surface area contributed by atoms with Gasteiger partial charge in [-0.25, -0.2) is 4.79 Å². The monoisotopic (exact) mass is 324 g/mol. The lowest BCUT2D eigenvalue weighted by atomic mass is 9.83. The largest absolute Gasteiger partial charge is 0.507 e. The Hall–Kier alpha value is -2.62. The van der Waals surface area contributed by atoms with Gasteiger partial charge in [0.15, 0.2) is 5.78 Å². The van der Waals surface area contributed by atoms with Crippen molar-refractivity contribution in [2.75, 3.05) is 0 Å². The second kappa shape index (κ2) is 6.87. The molecule has 124 valence electrons. The fourth-order valence-electron chi connectivity index (χ4n) is 3.44. The third kappa shape index (κ3) is 3.18. The highest BCUT2D eigenvalue weighted by Gasteiger charge is 2.22. The second-order valence-electron chi connectivity index (χ2n) is 6.29. The van der Waals surface area contributed by atoms with Gasteiger partial charge in [-0.3, -0.25) is 4.79 Å². The van der Waals surface area contributed by atoms with Crippen LogP contribution >= 0.6 is 0 Å². The van der Waals surface area contributed by atoms with Gasteiger partial charge in [-0.1, -0.05) is 43.5 Å². The maximum absolute atomic E-state index is 12.8. The van der Waals surface area contributed by atoms with Crippen LogP contribution in [0.1, 0.15) is 69.9 Å². The number of phenolic OH excluding ortho intramolecular Hbond substituents is 1. The summed E-state index contributed by atoms with van der Waals surface area (Å²) >= 11 is 0. The highest BCUT2D eigenvalue weighted by molar-refractivity contribution is 6.15. The van der Waals surface area contributed by atoms with Crippen LogP contribution in [0.4, 0.5) is 0 Å². The van der Waals surface area contributed by atoms with Gasteiger partial charge in [-0.2, -0.15) is 0 Å². The van der Waals surface area contributed by atoms with E-state index in [1.54, 1.807) is 24.3 Å². The van der Waals surface area contributed by atoms with Gasteiger partial charge in [0.05, 0.1) is 11.1 Å². The first-order chi connectivity index (χ1) is 11.6. The Morgan fingerprint density at radius 3 is 2.21 bits per heavy atom. The first-order valence-corrected chi connectivity index (χ1v) is 8.28. The van der Waals surface area contributed by atoms with Crippen LogP contribution in [0, 0.1) is 0 Å². The number of carbonyl (C=O) groups is 2. The minimum absolute atomic E-state index is 0.0510. The van der Waals surface area contributed by atoms with Gasteiger partial charge >= 0.3 is 5.97 Å². The number of carbonyl (C=O) groups excluding carboxylic acids is 1. The van der Waals surface area contributed by atoms with Crippen molar-refractivity contribution in [3.05, 3.63) is 64.7 Å². The lowest BCUT2D eigenvalue weighted by molar-refractivity contribution is 0.0692. The van der Waals surface area contributed by atoms with E-state index in [1.807, 2.05) is 6.07 Å². The number of rotatable bonds is 4. The van der Waals surface area contributed by atoms with Gasteiger partial charge in [0, 0.05) is 5.56 Å². The summed E-state index contributed by atoms with van der Waals surface area (Å²) < 4.78 is 0. The summed E-state index contributed by atoms with van der Waals surface area (Å²) in [7, 11) is 0. The Morgan fingerprint density at radius 2 is 1.54 bits per heavy atom. The summed E-state index contributed by atoms with van der Waals surface area (Å²) in [6.45, 7) is 0. The van der Waals surface area contributed by atoms with Crippen molar-refractivity contribution in [2.45, 2.75) is 38.0 Å². The highest BCUT2D eigenvalue weighted by Crippen LogP contribution is 2.35. The van der Waals surface area contributed by atoms with E-state index in [9.17, 15) is 19.8 Å². The SMILES string of the molecule is O=C(O)c1ccccc1C(=O)c1cc(C2CCCCC2)ccc1O. The average Bonchev–Trinajstić information content (AvgIpc) is 2.62. The molecule has 0 radical (unpaired) electrons. The van der Waals surface area contributed by atoms with E-state index in [0.717, 1.165) is 18.4 Å². The molecule has 1 aliphatic rings. The van der Waals surface area contributed by atoms with Crippen LogP contribution in [-0.2, 0) is 0 Å². The first kappa shape index (κ1) is 16.2. The molecule has 3 rings (SSSR count). The van der Waals surface area contributed by atoms with E-state index in [-0.39, 0.29) is 22.4 Å².